The Bertz CT molecular complexity index is 926. The summed E-state index contributed by atoms with van der Waals surface area (Å²) in [5.74, 6) is 1.31. The number of nitrogens with zero attached hydrogens (tertiary/aromatic N) is 2. The molecule has 2 aromatic carbocycles. The number of ether oxygens (including phenoxy) is 1. The van der Waals surface area contributed by atoms with Crippen molar-refractivity contribution in [1.82, 2.24) is 20.9 Å². The third-order valence-corrected chi connectivity index (χ3v) is 4.97. The first-order chi connectivity index (χ1) is 15.5. The molecule has 1 heterocycles. The van der Waals surface area contributed by atoms with Crippen LogP contribution in [-0.4, -0.2) is 62.0 Å². The third-order valence-electron chi connectivity index (χ3n) is 4.97. The lowest BCUT2D eigenvalue weighted by atomic mass is 10.1. The van der Waals surface area contributed by atoms with Crippen LogP contribution in [0.4, 0.5) is 0 Å². The van der Waals surface area contributed by atoms with E-state index in [0.29, 0.717) is 44.3 Å². The van der Waals surface area contributed by atoms with Gasteiger partial charge in [-0.3, -0.25) is 9.59 Å². The number of aliphatic imine (C=N–C) groups is 1. The zero-order valence-electron chi connectivity index (χ0n) is 18.7. The molecule has 1 aliphatic rings. The summed E-state index contributed by atoms with van der Waals surface area (Å²) in [6, 6.07) is 15.3. The first-order valence-corrected chi connectivity index (χ1v) is 10.9. The molecule has 1 saturated heterocycles. The maximum atomic E-state index is 12.6. The van der Waals surface area contributed by atoms with Crippen molar-refractivity contribution < 1.29 is 14.3 Å². The molecule has 0 radical (unpaired) electrons. The van der Waals surface area contributed by atoms with E-state index in [1.807, 2.05) is 50.2 Å². The number of benzene rings is 2. The molecule has 0 spiro atoms. The van der Waals surface area contributed by atoms with Crippen molar-refractivity contribution in [2.75, 3.05) is 39.3 Å². The molecular weight excluding hydrogens is 406 g/mol. The van der Waals surface area contributed by atoms with Gasteiger partial charge in [0.05, 0.1) is 19.6 Å². The molecule has 0 bridgehead atoms. The van der Waals surface area contributed by atoms with Crippen LogP contribution in [0.2, 0.25) is 0 Å². The molecule has 0 aromatic heterocycles. The second-order valence-corrected chi connectivity index (χ2v) is 7.56. The topological polar surface area (TPSA) is 95.1 Å². The van der Waals surface area contributed by atoms with E-state index >= 15 is 0 Å². The van der Waals surface area contributed by atoms with Crippen molar-refractivity contribution in [2.24, 2.45) is 4.99 Å². The van der Waals surface area contributed by atoms with E-state index in [2.05, 4.69) is 20.9 Å². The van der Waals surface area contributed by atoms with Gasteiger partial charge in [-0.2, -0.15) is 0 Å². The highest BCUT2D eigenvalue weighted by molar-refractivity contribution is 5.97. The average molecular weight is 438 g/mol. The summed E-state index contributed by atoms with van der Waals surface area (Å²) in [6.45, 7) is 7.57. The van der Waals surface area contributed by atoms with Crippen LogP contribution in [0.1, 0.15) is 28.4 Å². The minimum Gasteiger partial charge on any atom is -0.492 e. The molecular formula is C24H31N5O3. The SMILES string of the molecule is CCNC(=NCc1ccc(C(=O)N2CCNC(=O)C2)cc1)NCCOc1ccc(C)cc1. The lowest BCUT2D eigenvalue weighted by Crippen LogP contribution is -2.49. The fourth-order valence-corrected chi connectivity index (χ4v) is 3.23. The fraction of sp³-hybridized carbons (Fsp3) is 0.375. The zero-order chi connectivity index (χ0) is 22.8. The van der Waals surface area contributed by atoms with Crippen molar-refractivity contribution in [2.45, 2.75) is 20.4 Å². The van der Waals surface area contributed by atoms with Gasteiger partial charge in [0.2, 0.25) is 5.91 Å². The maximum Gasteiger partial charge on any atom is 0.254 e. The summed E-state index contributed by atoms with van der Waals surface area (Å²) in [6.07, 6.45) is 0. The lowest BCUT2D eigenvalue weighted by molar-refractivity contribution is -0.123. The second kappa shape index (κ2) is 11.7. The highest BCUT2D eigenvalue weighted by Crippen LogP contribution is 2.11. The normalized spacial score (nSPS) is 14.0. The van der Waals surface area contributed by atoms with Crippen molar-refractivity contribution in [3.8, 4) is 5.75 Å². The van der Waals surface area contributed by atoms with Gasteiger partial charge in [0.1, 0.15) is 12.4 Å². The molecule has 3 N–H and O–H groups in total. The van der Waals surface area contributed by atoms with Crippen molar-refractivity contribution >= 4 is 17.8 Å². The van der Waals surface area contributed by atoms with Crippen LogP contribution in [-0.2, 0) is 11.3 Å². The number of carbonyl (C=O) groups excluding carboxylic acids is 2. The molecule has 1 aliphatic heterocycles. The Balaban J connectivity index is 1.48. The number of hydrogen-bond acceptors (Lipinski definition) is 4. The molecule has 2 aromatic rings. The van der Waals surface area contributed by atoms with Crippen LogP contribution in [0.3, 0.4) is 0 Å². The predicted molar refractivity (Wildman–Crippen MR) is 125 cm³/mol. The molecule has 3 rings (SSSR count). The second-order valence-electron chi connectivity index (χ2n) is 7.56. The number of hydrogen-bond donors (Lipinski definition) is 3. The van der Waals surface area contributed by atoms with Gasteiger partial charge in [-0.15, -0.1) is 0 Å². The molecule has 0 unspecified atom stereocenters. The summed E-state index contributed by atoms with van der Waals surface area (Å²) in [5.41, 5.74) is 2.77. The zero-order valence-corrected chi connectivity index (χ0v) is 18.7. The Hall–Kier alpha value is -3.55. The van der Waals surface area contributed by atoms with Gasteiger partial charge in [-0.1, -0.05) is 29.8 Å². The first-order valence-electron chi connectivity index (χ1n) is 10.9. The summed E-state index contributed by atoms with van der Waals surface area (Å²) in [7, 11) is 0. The van der Waals surface area contributed by atoms with E-state index in [1.54, 1.807) is 17.0 Å². The van der Waals surface area contributed by atoms with Gasteiger partial charge >= 0.3 is 0 Å². The van der Waals surface area contributed by atoms with Gasteiger partial charge in [-0.25, -0.2) is 4.99 Å². The standard InChI is InChI=1S/C24H31N5O3/c1-3-25-24(27-13-15-32-21-10-4-18(2)5-11-21)28-16-19-6-8-20(9-7-19)23(31)29-14-12-26-22(30)17-29/h4-11H,3,12-17H2,1-2H3,(H,26,30)(H2,25,27,28). The molecule has 1 fully saturated rings. The third kappa shape index (κ3) is 7.01. The van der Waals surface area contributed by atoms with E-state index in [1.165, 1.54) is 5.56 Å². The van der Waals surface area contributed by atoms with E-state index in [-0.39, 0.29) is 18.4 Å². The summed E-state index contributed by atoms with van der Waals surface area (Å²) >= 11 is 0. The number of nitrogens with one attached hydrogen (secondary N) is 3. The van der Waals surface area contributed by atoms with Crippen LogP contribution >= 0.6 is 0 Å². The number of rotatable bonds is 8. The number of aryl methyl sites for hydroxylation is 1. The van der Waals surface area contributed by atoms with Gasteiger partial charge < -0.3 is 25.6 Å². The summed E-state index contributed by atoms with van der Waals surface area (Å²) in [4.78, 5) is 30.2. The Labute approximate surface area is 189 Å². The number of carbonyl (C=O) groups is 2. The minimum absolute atomic E-state index is 0.107. The van der Waals surface area contributed by atoms with Crippen molar-refractivity contribution in [1.29, 1.82) is 0 Å². The summed E-state index contributed by atoms with van der Waals surface area (Å²) in [5, 5.41) is 9.21. The monoisotopic (exact) mass is 437 g/mol. The van der Waals surface area contributed by atoms with E-state index in [0.717, 1.165) is 17.9 Å². The molecule has 0 atom stereocenters. The Morgan fingerprint density at radius 2 is 1.88 bits per heavy atom. The minimum atomic E-state index is -0.126. The smallest absolute Gasteiger partial charge is 0.254 e. The van der Waals surface area contributed by atoms with Crippen LogP contribution in [0.25, 0.3) is 0 Å². The van der Waals surface area contributed by atoms with Crippen molar-refractivity contribution in [3.05, 3.63) is 65.2 Å². The highest BCUT2D eigenvalue weighted by atomic mass is 16.5. The molecule has 32 heavy (non-hydrogen) atoms. The lowest BCUT2D eigenvalue weighted by Gasteiger charge is -2.26. The van der Waals surface area contributed by atoms with E-state index in [4.69, 9.17) is 4.74 Å². The highest BCUT2D eigenvalue weighted by Gasteiger charge is 2.22. The molecule has 170 valence electrons. The van der Waals surface area contributed by atoms with Crippen LogP contribution in [0, 0.1) is 6.92 Å². The van der Waals surface area contributed by atoms with E-state index < -0.39 is 0 Å². The van der Waals surface area contributed by atoms with Crippen molar-refractivity contribution in [3.63, 3.8) is 0 Å². The molecule has 0 aliphatic carbocycles. The van der Waals surface area contributed by atoms with Crippen LogP contribution in [0.5, 0.6) is 5.75 Å². The fourth-order valence-electron chi connectivity index (χ4n) is 3.23. The maximum absolute atomic E-state index is 12.6. The van der Waals surface area contributed by atoms with Gasteiger partial charge in [0.25, 0.3) is 5.91 Å². The molecule has 8 nitrogen and oxygen atoms in total. The van der Waals surface area contributed by atoms with Gasteiger partial charge in [-0.05, 0) is 43.7 Å². The first kappa shape index (κ1) is 23.1. The quantitative estimate of drug-likeness (QED) is 0.332. The molecule has 8 heteroatoms. The van der Waals surface area contributed by atoms with Gasteiger partial charge in [0, 0.05) is 25.2 Å². The number of amides is 2. The average Bonchev–Trinajstić information content (AvgIpc) is 2.81. The van der Waals surface area contributed by atoms with E-state index in [9.17, 15) is 9.59 Å². The Kier molecular flexibility index (Phi) is 8.48. The largest absolute Gasteiger partial charge is 0.492 e. The Morgan fingerprint density at radius 3 is 2.56 bits per heavy atom. The molecule has 2 amide bonds. The van der Waals surface area contributed by atoms with Gasteiger partial charge in [0.15, 0.2) is 5.96 Å². The Morgan fingerprint density at radius 1 is 1.12 bits per heavy atom. The number of guanidine groups is 1. The number of piperazine rings is 1. The van der Waals surface area contributed by atoms with Crippen LogP contribution in [0.15, 0.2) is 53.5 Å². The predicted octanol–water partition coefficient (Wildman–Crippen LogP) is 1.70. The van der Waals surface area contributed by atoms with Crippen LogP contribution < -0.4 is 20.7 Å². The molecule has 0 saturated carbocycles. The summed E-state index contributed by atoms with van der Waals surface area (Å²) < 4.78 is 5.74.